The third kappa shape index (κ3) is 7.30. The van der Waals surface area contributed by atoms with Crippen molar-refractivity contribution in [2.24, 2.45) is 0 Å². The topological polar surface area (TPSA) is 70.2 Å². The first-order chi connectivity index (χ1) is 15.1. The molecule has 0 aromatic heterocycles. The summed E-state index contributed by atoms with van der Waals surface area (Å²) in [6, 6.07) is 28.2. The number of hydrogen-bond donors (Lipinski definition) is 3. The Hall–Kier alpha value is -3.60. The smallest absolute Gasteiger partial charge is 0.315 e. The molecular formula is C26H29N3O2. The van der Waals surface area contributed by atoms with Gasteiger partial charge in [0, 0.05) is 19.0 Å². The molecule has 0 aliphatic heterocycles. The zero-order valence-electron chi connectivity index (χ0n) is 17.8. The highest BCUT2D eigenvalue weighted by atomic mass is 16.2. The Balaban J connectivity index is 1.42. The van der Waals surface area contributed by atoms with E-state index in [-0.39, 0.29) is 24.4 Å². The van der Waals surface area contributed by atoms with Gasteiger partial charge in [-0.25, -0.2) is 4.79 Å². The Labute approximate surface area is 183 Å². The molecule has 0 fully saturated rings. The zero-order valence-corrected chi connectivity index (χ0v) is 17.8. The molecule has 3 aromatic carbocycles. The molecule has 0 aliphatic carbocycles. The van der Waals surface area contributed by atoms with Crippen molar-refractivity contribution in [3.63, 3.8) is 0 Å². The van der Waals surface area contributed by atoms with Crippen LogP contribution in [0.2, 0.25) is 0 Å². The van der Waals surface area contributed by atoms with Gasteiger partial charge in [0.1, 0.15) is 0 Å². The largest absolute Gasteiger partial charge is 0.355 e. The van der Waals surface area contributed by atoms with Crippen molar-refractivity contribution < 1.29 is 9.59 Å². The summed E-state index contributed by atoms with van der Waals surface area (Å²) in [6.45, 7) is 2.91. The van der Waals surface area contributed by atoms with E-state index in [1.54, 1.807) is 0 Å². The first-order valence-corrected chi connectivity index (χ1v) is 10.6. The van der Waals surface area contributed by atoms with E-state index in [9.17, 15) is 9.59 Å². The molecule has 0 saturated carbocycles. The number of nitrogens with one attached hydrogen (secondary N) is 3. The molecule has 5 nitrogen and oxygen atoms in total. The van der Waals surface area contributed by atoms with Crippen molar-refractivity contribution >= 4 is 11.9 Å². The molecule has 3 rings (SSSR count). The summed E-state index contributed by atoms with van der Waals surface area (Å²) in [6.07, 6.45) is 0.777. The Morgan fingerprint density at radius 2 is 1.32 bits per heavy atom. The van der Waals surface area contributed by atoms with Crippen molar-refractivity contribution in [3.05, 3.63) is 107 Å². The summed E-state index contributed by atoms with van der Waals surface area (Å²) in [5.74, 6) is -0.00109. The van der Waals surface area contributed by atoms with E-state index in [0.717, 1.165) is 12.0 Å². The van der Waals surface area contributed by atoms with Gasteiger partial charge in [-0.1, -0.05) is 90.5 Å². The van der Waals surface area contributed by atoms with Gasteiger partial charge >= 0.3 is 6.03 Å². The van der Waals surface area contributed by atoms with Gasteiger partial charge in [-0.3, -0.25) is 4.79 Å². The molecule has 0 atom stereocenters. The number of hydrogen-bond acceptors (Lipinski definition) is 2. The second-order valence-corrected chi connectivity index (χ2v) is 7.53. The zero-order chi connectivity index (χ0) is 21.9. The van der Waals surface area contributed by atoms with Crippen molar-refractivity contribution in [2.75, 3.05) is 13.1 Å². The molecule has 0 heterocycles. The molecule has 0 spiro atoms. The van der Waals surface area contributed by atoms with Crippen molar-refractivity contribution in [1.29, 1.82) is 0 Å². The average Bonchev–Trinajstić information content (AvgIpc) is 2.81. The fourth-order valence-electron chi connectivity index (χ4n) is 3.43. The van der Waals surface area contributed by atoms with Crippen LogP contribution in [-0.4, -0.2) is 25.0 Å². The van der Waals surface area contributed by atoms with Gasteiger partial charge in [-0.05, 0) is 30.0 Å². The van der Waals surface area contributed by atoms with Crippen LogP contribution in [0.3, 0.4) is 0 Å². The van der Waals surface area contributed by atoms with Crippen LogP contribution in [0.5, 0.6) is 0 Å². The molecule has 0 saturated heterocycles. The number of urea groups is 1. The molecule has 3 aromatic rings. The van der Waals surface area contributed by atoms with Gasteiger partial charge in [-0.15, -0.1) is 0 Å². The number of rotatable bonds is 9. The maximum atomic E-state index is 12.2. The Morgan fingerprint density at radius 1 is 0.742 bits per heavy atom. The molecule has 0 radical (unpaired) electrons. The van der Waals surface area contributed by atoms with Crippen LogP contribution in [0.1, 0.15) is 34.6 Å². The predicted molar refractivity (Wildman–Crippen MR) is 124 cm³/mol. The minimum Gasteiger partial charge on any atom is -0.355 e. The van der Waals surface area contributed by atoms with E-state index >= 15 is 0 Å². The Bertz CT molecular complexity index is 917. The van der Waals surface area contributed by atoms with Crippen LogP contribution < -0.4 is 16.0 Å². The minimum atomic E-state index is -0.359. The number of amides is 3. The van der Waals surface area contributed by atoms with Crippen LogP contribution in [0.4, 0.5) is 4.79 Å². The lowest BCUT2D eigenvalue weighted by atomic mass is 9.88. The summed E-state index contributed by atoms with van der Waals surface area (Å²) in [5, 5.41) is 8.27. The molecule has 0 aliphatic rings. The fraction of sp³-hybridized carbons (Fsp3) is 0.231. The molecule has 31 heavy (non-hydrogen) atoms. The summed E-state index contributed by atoms with van der Waals surface area (Å²) in [7, 11) is 0. The second-order valence-electron chi connectivity index (χ2n) is 7.53. The molecule has 0 bridgehead atoms. The van der Waals surface area contributed by atoms with Crippen LogP contribution in [0, 0.1) is 6.92 Å². The van der Waals surface area contributed by atoms with E-state index in [1.165, 1.54) is 16.7 Å². The predicted octanol–water partition coefficient (Wildman–Crippen LogP) is 4.13. The highest BCUT2D eigenvalue weighted by Gasteiger charge is 2.14. The number of benzene rings is 3. The van der Waals surface area contributed by atoms with Crippen LogP contribution in [0.15, 0.2) is 84.9 Å². The molecule has 5 heteroatoms. The van der Waals surface area contributed by atoms with E-state index in [2.05, 4.69) is 40.2 Å². The normalized spacial score (nSPS) is 10.5. The van der Waals surface area contributed by atoms with Gasteiger partial charge in [0.15, 0.2) is 0 Å². The number of aryl methyl sites for hydroxylation is 1. The van der Waals surface area contributed by atoms with E-state index in [0.29, 0.717) is 13.1 Å². The Kier molecular flexibility index (Phi) is 8.23. The fourth-order valence-corrected chi connectivity index (χ4v) is 3.43. The van der Waals surface area contributed by atoms with Gasteiger partial charge in [0.2, 0.25) is 5.91 Å². The second kappa shape index (κ2) is 11.6. The highest BCUT2D eigenvalue weighted by Crippen LogP contribution is 2.27. The van der Waals surface area contributed by atoms with Crippen molar-refractivity contribution in [2.45, 2.75) is 25.8 Å². The molecule has 0 unspecified atom stereocenters. The summed E-state index contributed by atoms with van der Waals surface area (Å²) < 4.78 is 0. The number of carbonyl (C=O) groups is 2. The molecule has 160 valence electrons. The third-order valence-electron chi connectivity index (χ3n) is 5.14. The summed E-state index contributed by atoms with van der Waals surface area (Å²) in [5.41, 5.74) is 4.62. The van der Waals surface area contributed by atoms with E-state index < -0.39 is 0 Å². The van der Waals surface area contributed by atoms with Crippen molar-refractivity contribution in [3.8, 4) is 0 Å². The Morgan fingerprint density at radius 3 is 1.90 bits per heavy atom. The molecular weight excluding hydrogens is 386 g/mol. The molecule has 3 amide bonds. The molecule has 3 N–H and O–H groups in total. The monoisotopic (exact) mass is 415 g/mol. The highest BCUT2D eigenvalue weighted by molar-refractivity contribution is 5.83. The minimum absolute atomic E-state index is 0.0545. The quantitative estimate of drug-likeness (QED) is 0.492. The average molecular weight is 416 g/mol. The maximum Gasteiger partial charge on any atom is 0.315 e. The van der Waals surface area contributed by atoms with Crippen LogP contribution in [-0.2, 0) is 11.3 Å². The van der Waals surface area contributed by atoms with Gasteiger partial charge in [0.25, 0.3) is 0 Å². The maximum absolute atomic E-state index is 12.2. The standard InChI is InChI=1S/C26H29N3O2/c1-20-12-14-21(15-13-20)18-28-26(31)29-19-25(30)27-17-16-24(22-8-4-2-5-9-22)23-10-6-3-7-11-23/h2-15,24H,16-19H2,1H3,(H,27,30)(H2,28,29,31). The lowest BCUT2D eigenvalue weighted by molar-refractivity contribution is -0.120. The van der Waals surface area contributed by atoms with Crippen LogP contribution in [0.25, 0.3) is 0 Å². The SMILES string of the molecule is Cc1ccc(CNC(=O)NCC(=O)NCCC(c2ccccc2)c2ccccc2)cc1. The number of carbonyl (C=O) groups excluding carboxylic acids is 2. The van der Waals surface area contributed by atoms with E-state index in [4.69, 9.17) is 0 Å². The van der Waals surface area contributed by atoms with E-state index in [1.807, 2.05) is 67.6 Å². The lowest BCUT2D eigenvalue weighted by Gasteiger charge is -2.18. The van der Waals surface area contributed by atoms with Gasteiger partial charge in [-0.2, -0.15) is 0 Å². The first-order valence-electron chi connectivity index (χ1n) is 10.6. The van der Waals surface area contributed by atoms with Gasteiger partial charge < -0.3 is 16.0 Å². The lowest BCUT2D eigenvalue weighted by Crippen LogP contribution is -2.42. The summed E-state index contributed by atoms with van der Waals surface area (Å²) in [4.78, 5) is 24.1. The third-order valence-corrected chi connectivity index (χ3v) is 5.14. The van der Waals surface area contributed by atoms with Crippen LogP contribution >= 0.6 is 0 Å². The van der Waals surface area contributed by atoms with Gasteiger partial charge in [0.05, 0.1) is 6.54 Å². The first kappa shape index (κ1) is 22.1. The van der Waals surface area contributed by atoms with Crippen molar-refractivity contribution in [1.82, 2.24) is 16.0 Å². The summed E-state index contributed by atoms with van der Waals surface area (Å²) >= 11 is 0.